The summed E-state index contributed by atoms with van der Waals surface area (Å²) < 4.78 is 25.8. The molecule has 5 nitrogen and oxygen atoms in total. The summed E-state index contributed by atoms with van der Waals surface area (Å²) in [5.41, 5.74) is 0. The Kier molecular flexibility index (Phi) is 2.81. The largest absolute Gasteiger partial charge is 0.298 e. The van der Waals surface area contributed by atoms with Crippen molar-refractivity contribution in [1.82, 2.24) is 5.06 Å². The van der Waals surface area contributed by atoms with Crippen LogP contribution < -0.4 is 0 Å². The minimum absolute atomic E-state index is 0.0184. The molecule has 1 aliphatic rings. The van der Waals surface area contributed by atoms with Gasteiger partial charge in [0, 0.05) is 13.0 Å². The summed E-state index contributed by atoms with van der Waals surface area (Å²) in [5.74, 6) is 0.0184. The first-order valence-corrected chi connectivity index (χ1v) is 5.45. The highest BCUT2D eigenvalue weighted by molar-refractivity contribution is 7.85. The molecule has 1 heterocycles. The summed E-state index contributed by atoms with van der Waals surface area (Å²) in [6, 6.07) is 0. The molecule has 1 aliphatic heterocycles. The van der Waals surface area contributed by atoms with Crippen LogP contribution in [-0.2, 0) is 19.2 Å². The summed E-state index contributed by atoms with van der Waals surface area (Å²) in [5, 5.41) is 1.18. The number of ketones is 1. The van der Waals surface area contributed by atoms with Gasteiger partial charge in [-0.2, -0.15) is 17.8 Å². The zero-order chi connectivity index (χ0) is 9.19. The van der Waals surface area contributed by atoms with E-state index in [4.69, 9.17) is 0 Å². The van der Waals surface area contributed by atoms with Crippen LogP contribution in [0.5, 0.6) is 0 Å². The van der Waals surface area contributed by atoms with Gasteiger partial charge in [-0.3, -0.25) is 4.79 Å². The maximum Gasteiger partial charge on any atom is 0.280 e. The third-order valence-corrected chi connectivity index (χ3v) is 1.94. The quantitative estimate of drug-likeness (QED) is 0.594. The topological polar surface area (TPSA) is 63.7 Å². The van der Waals surface area contributed by atoms with Gasteiger partial charge in [-0.1, -0.05) is 0 Å². The van der Waals surface area contributed by atoms with Crippen LogP contribution in [0.1, 0.15) is 12.8 Å². The van der Waals surface area contributed by atoms with Crippen LogP contribution in [0.25, 0.3) is 0 Å². The van der Waals surface area contributed by atoms with E-state index in [1.165, 1.54) is 5.06 Å². The van der Waals surface area contributed by atoms with E-state index in [1.807, 2.05) is 0 Å². The molecule has 0 aliphatic carbocycles. The molecule has 0 unspecified atom stereocenters. The Balaban J connectivity index is 2.48. The van der Waals surface area contributed by atoms with Crippen molar-refractivity contribution in [2.75, 3.05) is 19.3 Å². The molecule has 0 saturated carbocycles. The van der Waals surface area contributed by atoms with Crippen LogP contribution in [0.2, 0.25) is 0 Å². The van der Waals surface area contributed by atoms with E-state index in [0.717, 1.165) is 6.26 Å². The molecule has 12 heavy (non-hydrogen) atoms. The van der Waals surface area contributed by atoms with Gasteiger partial charge < -0.3 is 0 Å². The van der Waals surface area contributed by atoms with Gasteiger partial charge in [-0.05, 0) is 6.42 Å². The van der Waals surface area contributed by atoms with Gasteiger partial charge in [0.15, 0.2) is 0 Å². The van der Waals surface area contributed by atoms with Gasteiger partial charge in [0.05, 0.1) is 12.8 Å². The zero-order valence-electron chi connectivity index (χ0n) is 6.82. The predicted molar refractivity (Wildman–Crippen MR) is 41.7 cm³/mol. The molecule has 0 N–H and O–H groups in total. The van der Waals surface area contributed by atoms with Crippen LogP contribution in [0.15, 0.2) is 0 Å². The smallest absolute Gasteiger partial charge is 0.280 e. The van der Waals surface area contributed by atoms with Crippen LogP contribution in [-0.4, -0.2) is 38.6 Å². The molecule has 0 amide bonds. The second-order valence-corrected chi connectivity index (χ2v) is 4.34. The second-order valence-electron chi connectivity index (χ2n) is 2.78. The lowest BCUT2D eigenvalue weighted by Gasteiger charge is -2.22. The lowest BCUT2D eigenvalue weighted by atomic mass is 10.1. The maximum atomic E-state index is 10.8. The molecule has 0 radical (unpaired) electrons. The van der Waals surface area contributed by atoms with Gasteiger partial charge in [0.2, 0.25) is 0 Å². The van der Waals surface area contributed by atoms with Gasteiger partial charge in [-0.15, -0.1) is 0 Å². The number of hydroxylamine groups is 2. The van der Waals surface area contributed by atoms with E-state index in [0.29, 0.717) is 19.4 Å². The lowest BCUT2D eigenvalue weighted by molar-refractivity contribution is -0.134. The number of nitrogens with zero attached hydrogens (tertiary/aromatic N) is 1. The van der Waals surface area contributed by atoms with Gasteiger partial charge in [0.25, 0.3) is 10.1 Å². The third kappa shape index (κ3) is 3.29. The highest BCUT2D eigenvalue weighted by Crippen LogP contribution is 2.07. The van der Waals surface area contributed by atoms with E-state index in [9.17, 15) is 13.2 Å². The number of piperidine rings is 1. The van der Waals surface area contributed by atoms with Crippen LogP contribution in [0.4, 0.5) is 0 Å². The fraction of sp³-hybridized carbons (Fsp3) is 0.833. The van der Waals surface area contributed by atoms with Gasteiger partial charge in [0.1, 0.15) is 5.78 Å². The fourth-order valence-electron chi connectivity index (χ4n) is 1.06. The molecular formula is C6H11NO4S. The van der Waals surface area contributed by atoms with Crippen molar-refractivity contribution in [2.24, 2.45) is 0 Å². The normalized spacial score (nSPS) is 21.2. The average Bonchev–Trinajstić information content (AvgIpc) is 1.82. The minimum Gasteiger partial charge on any atom is -0.298 e. The fourth-order valence-corrected chi connectivity index (χ4v) is 1.57. The van der Waals surface area contributed by atoms with E-state index < -0.39 is 10.1 Å². The summed E-state index contributed by atoms with van der Waals surface area (Å²) in [6.45, 7) is 0.575. The lowest BCUT2D eigenvalue weighted by Crippen LogP contribution is -2.37. The van der Waals surface area contributed by atoms with Crippen molar-refractivity contribution < 1.29 is 17.5 Å². The Morgan fingerprint density at radius 3 is 2.67 bits per heavy atom. The first-order chi connectivity index (χ1) is 5.47. The van der Waals surface area contributed by atoms with Gasteiger partial charge in [-0.25, -0.2) is 0 Å². The number of Topliss-reactive ketones (excluding diaryl/α,β-unsaturated/α-hetero) is 1. The van der Waals surface area contributed by atoms with Crippen molar-refractivity contribution in [3.8, 4) is 0 Å². The molecule has 70 valence electrons. The maximum absolute atomic E-state index is 10.8. The number of carbonyl (C=O) groups is 1. The van der Waals surface area contributed by atoms with Crippen LogP contribution in [0.3, 0.4) is 0 Å². The van der Waals surface area contributed by atoms with E-state index in [2.05, 4.69) is 4.28 Å². The Bertz CT molecular complexity index is 271. The zero-order valence-corrected chi connectivity index (χ0v) is 7.63. The van der Waals surface area contributed by atoms with Crippen molar-refractivity contribution in [2.45, 2.75) is 12.8 Å². The molecule has 0 aromatic heterocycles. The Hall–Kier alpha value is -0.460. The summed E-state index contributed by atoms with van der Waals surface area (Å²) in [6.07, 6.45) is 2.14. The first kappa shape index (κ1) is 9.63. The predicted octanol–water partition coefficient (Wildman–Crippen LogP) is -0.458. The van der Waals surface area contributed by atoms with E-state index >= 15 is 0 Å². The van der Waals surface area contributed by atoms with Crippen LogP contribution >= 0.6 is 0 Å². The third-order valence-electron chi connectivity index (χ3n) is 1.46. The molecule has 0 aromatic carbocycles. The Labute approximate surface area is 71.4 Å². The Morgan fingerprint density at radius 2 is 2.17 bits per heavy atom. The Morgan fingerprint density at radius 1 is 1.50 bits per heavy atom. The number of hydrogen-bond donors (Lipinski definition) is 0. The molecule has 1 fully saturated rings. The highest BCUT2D eigenvalue weighted by Gasteiger charge is 2.20. The summed E-state index contributed by atoms with van der Waals surface area (Å²) >= 11 is 0. The van der Waals surface area contributed by atoms with Crippen LogP contribution in [0, 0.1) is 0 Å². The molecular weight excluding hydrogens is 182 g/mol. The molecule has 1 saturated heterocycles. The molecule has 0 spiro atoms. The molecule has 0 atom stereocenters. The average molecular weight is 193 g/mol. The van der Waals surface area contributed by atoms with E-state index in [1.54, 1.807) is 0 Å². The monoisotopic (exact) mass is 193 g/mol. The number of hydrogen-bond acceptors (Lipinski definition) is 5. The highest BCUT2D eigenvalue weighted by atomic mass is 32.2. The summed E-state index contributed by atoms with van der Waals surface area (Å²) in [7, 11) is -3.47. The molecule has 6 heteroatoms. The standard InChI is InChI=1S/C6H11NO4S/c1-12(9,10)11-7-4-2-3-6(8)5-7/h2-5H2,1H3. The second kappa shape index (κ2) is 3.51. The van der Waals surface area contributed by atoms with Crippen molar-refractivity contribution in [1.29, 1.82) is 0 Å². The number of carbonyl (C=O) groups excluding carboxylic acids is 1. The number of rotatable bonds is 2. The SMILES string of the molecule is CS(=O)(=O)ON1CCCC(=O)C1. The van der Waals surface area contributed by atoms with E-state index in [-0.39, 0.29) is 12.3 Å². The molecule has 0 bridgehead atoms. The molecule has 1 rings (SSSR count). The van der Waals surface area contributed by atoms with Gasteiger partial charge >= 0.3 is 0 Å². The molecule has 0 aromatic rings. The van der Waals surface area contributed by atoms with Crippen molar-refractivity contribution in [3.05, 3.63) is 0 Å². The van der Waals surface area contributed by atoms with Crippen molar-refractivity contribution in [3.63, 3.8) is 0 Å². The van der Waals surface area contributed by atoms with Crippen molar-refractivity contribution >= 4 is 15.9 Å². The first-order valence-electron chi connectivity index (χ1n) is 3.63. The summed E-state index contributed by atoms with van der Waals surface area (Å²) in [4.78, 5) is 10.8. The minimum atomic E-state index is -3.47.